The Bertz CT molecular complexity index is 1140. The van der Waals surface area contributed by atoms with Gasteiger partial charge < -0.3 is 24.2 Å². The van der Waals surface area contributed by atoms with E-state index >= 15 is 4.11 Å². The fourth-order valence-electron chi connectivity index (χ4n) is 6.24. The lowest BCUT2D eigenvalue weighted by atomic mass is 9.82. The molecule has 3 aliphatic rings. The van der Waals surface area contributed by atoms with Crippen molar-refractivity contribution in [2.45, 2.75) is 43.7 Å². The van der Waals surface area contributed by atoms with Crippen LogP contribution in [0.3, 0.4) is 0 Å². The highest BCUT2D eigenvalue weighted by Gasteiger charge is 2.66. The van der Waals surface area contributed by atoms with Crippen LogP contribution in [0.5, 0.6) is 0 Å². The molecule has 7 nitrogen and oxygen atoms in total. The Labute approximate surface area is 206 Å². The number of carbonyl (C=O) groups is 2. The van der Waals surface area contributed by atoms with Crippen molar-refractivity contribution in [2.75, 3.05) is 36.0 Å². The maximum Gasteiger partial charge on any atom is 0.268 e. The molecule has 1 spiro atoms. The smallest absolute Gasteiger partial charge is 0.268 e. The van der Waals surface area contributed by atoms with Gasteiger partial charge in [-0.3, -0.25) is 14.5 Å². The number of amides is 2. The van der Waals surface area contributed by atoms with Gasteiger partial charge in [-0.1, -0.05) is 25.1 Å². The molecule has 0 bridgehead atoms. The van der Waals surface area contributed by atoms with Crippen LogP contribution >= 0.6 is 0 Å². The molecule has 0 saturated carbocycles. The topological polar surface area (TPSA) is 82.1 Å². The van der Waals surface area contributed by atoms with Crippen LogP contribution in [0.2, 0.25) is 18.6 Å². The van der Waals surface area contributed by atoms with Crippen molar-refractivity contribution in [1.82, 2.24) is 5.32 Å². The second kappa shape index (κ2) is 8.81. The van der Waals surface area contributed by atoms with E-state index in [0.29, 0.717) is 35.7 Å². The standard InChI is InChI=1S/C26H32FN3O4Si/c1-17-24(35(2,3)27)22(11-14-31)34-26(17)20-15-19(29-13-12-28-16-23(29)32)9-10-21(20)30(25(26)33)18-7-5-4-6-8-18/h4-10,15,17,22,24,28,31H,11-14,16H2,1-3H3/t17-,22+,24-,26+/m0/s1. The number of benzene rings is 2. The van der Waals surface area contributed by atoms with E-state index in [1.165, 1.54) is 0 Å². The van der Waals surface area contributed by atoms with Crippen molar-refractivity contribution in [3.63, 3.8) is 0 Å². The molecule has 0 aromatic heterocycles. The lowest BCUT2D eigenvalue weighted by Crippen LogP contribution is -2.48. The van der Waals surface area contributed by atoms with Crippen LogP contribution in [0, 0.1) is 5.92 Å². The lowest BCUT2D eigenvalue weighted by Gasteiger charge is -2.32. The summed E-state index contributed by atoms with van der Waals surface area (Å²) in [4.78, 5) is 30.3. The van der Waals surface area contributed by atoms with Crippen molar-refractivity contribution in [2.24, 2.45) is 5.92 Å². The molecule has 3 aliphatic heterocycles. The van der Waals surface area contributed by atoms with Crippen molar-refractivity contribution in [3.8, 4) is 0 Å². The van der Waals surface area contributed by atoms with Gasteiger partial charge in [0.2, 0.25) is 14.3 Å². The Kier molecular flexibility index (Phi) is 6.07. The van der Waals surface area contributed by atoms with Gasteiger partial charge in [-0.15, -0.1) is 0 Å². The minimum Gasteiger partial charge on any atom is -0.396 e. The van der Waals surface area contributed by atoms with E-state index in [4.69, 9.17) is 4.74 Å². The summed E-state index contributed by atoms with van der Waals surface area (Å²) in [5.74, 6) is -0.735. The Balaban J connectivity index is 1.69. The van der Waals surface area contributed by atoms with Crippen molar-refractivity contribution < 1.29 is 23.5 Å². The number of hydrogen-bond donors (Lipinski definition) is 2. The predicted octanol–water partition coefficient (Wildman–Crippen LogP) is 3.46. The first-order valence-electron chi connectivity index (χ1n) is 12.2. The number of halogens is 1. The van der Waals surface area contributed by atoms with Crippen LogP contribution in [-0.4, -0.2) is 57.7 Å². The second-order valence-corrected chi connectivity index (χ2v) is 14.0. The monoisotopic (exact) mass is 497 g/mol. The van der Waals surface area contributed by atoms with Crippen LogP contribution in [0.1, 0.15) is 18.9 Å². The highest BCUT2D eigenvalue weighted by atomic mass is 28.4. The quantitative estimate of drug-likeness (QED) is 0.489. The molecule has 4 atom stereocenters. The molecule has 2 saturated heterocycles. The second-order valence-electron chi connectivity index (χ2n) is 10.2. The fraction of sp³-hybridized carbons (Fsp3) is 0.462. The van der Waals surface area contributed by atoms with Crippen LogP contribution in [0.15, 0.2) is 48.5 Å². The number of aliphatic hydroxyl groups is 1. The molecule has 0 aliphatic carbocycles. The van der Waals surface area contributed by atoms with E-state index in [-0.39, 0.29) is 31.4 Å². The summed E-state index contributed by atoms with van der Waals surface area (Å²) in [6.45, 7) is 6.50. The molecule has 0 unspecified atom stereocenters. The average Bonchev–Trinajstić information content (AvgIpc) is 3.26. The molecule has 2 fully saturated rings. The number of piperazine rings is 1. The van der Waals surface area contributed by atoms with E-state index in [1.54, 1.807) is 22.9 Å². The van der Waals surface area contributed by atoms with Crippen molar-refractivity contribution in [3.05, 3.63) is 54.1 Å². The normalized spacial score (nSPS) is 28.8. The first-order chi connectivity index (χ1) is 16.7. The Morgan fingerprint density at radius 3 is 2.57 bits per heavy atom. The first kappa shape index (κ1) is 24.1. The molecular weight excluding hydrogens is 465 g/mol. The number of nitrogens with one attached hydrogen (secondary N) is 1. The van der Waals surface area contributed by atoms with Gasteiger partial charge in [-0.25, -0.2) is 0 Å². The molecule has 0 radical (unpaired) electrons. The summed E-state index contributed by atoms with van der Waals surface area (Å²) < 4.78 is 22.3. The molecule has 5 rings (SSSR count). The third kappa shape index (κ3) is 3.72. The Morgan fingerprint density at radius 2 is 1.91 bits per heavy atom. The third-order valence-electron chi connectivity index (χ3n) is 7.68. The maximum absolute atomic E-state index is 15.7. The third-order valence-corrected chi connectivity index (χ3v) is 10.1. The van der Waals surface area contributed by atoms with Gasteiger partial charge in [-0.05, 0) is 49.8 Å². The number of anilines is 3. The highest BCUT2D eigenvalue weighted by Crippen LogP contribution is 2.61. The van der Waals surface area contributed by atoms with Crippen LogP contribution in [0.25, 0.3) is 0 Å². The van der Waals surface area contributed by atoms with Gasteiger partial charge in [0, 0.05) is 48.1 Å². The fourth-order valence-corrected chi connectivity index (χ4v) is 8.78. The summed E-state index contributed by atoms with van der Waals surface area (Å²) >= 11 is 0. The number of carbonyl (C=O) groups excluding carboxylic acids is 2. The lowest BCUT2D eigenvalue weighted by molar-refractivity contribution is -0.145. The zero-order chi connectivity index (χ0) is 25.0. The zero-order valence-corrected chi connectivity index (χ0v) is 21.3. The molecule has 35 heavy (non-hydrogen) atoms. The summed E-state index contributed by atoms with van der Waals surface area (Å²) in [5.41, 5.74) is 0.890. The number of hydrogen-bond acceptors (Lipinski definition) is 5. The zero-order valence-electron chi connectivity index (χ0n) is 20.3. The van der Waals surface area contributed by atoms with Gasteiger partial charge >= 0.3 is 0 Å². The maximum atomic E-state index is 15.7. The van der Waals surface area contributed by atoms with Crippen LogP contribution in [0.4, 0.5) is 21.2 Å². The molecule has 9 heteroatoms. The largest absolute Gasteiger partial charge is 0.396 e. The van der Waals surface area contributed by atoms with E-state index in [1.807, 2.05) is 55.5 Å². The van der Waals surface area contributed by atoms with E-state index in [9.17, 15) is 14.7 Å². The van der Waals surface area contributed by atoms with E-state index in [0.717, 1.165) is 0 Å². The Morgan fingerprint density at radius 1 is 1.17 bits per heavy atom. The first-order valence-corrected chi connectivity index (χ1v) is 15.2. The highest BCUT2D eigenvalue weighted by molar-refractivity contribution is 6.72. The minimum atomic E-state index is -3.27. The number of aliphatic hydroxyl groups excluding tert-OH is 1. The summed E-state index contributed by atoms with van der Waals surface area (Å²) in [6, 6.07) is 15.0. The van der Waals surface area contributed by atoms with Gasteiger partial charge in [0.1, 0.15) is 0 Å². The summed E-state index contributed by atoms with van der Waals surface area (Å²) in [5, 5.41) is 12.8. The summed E-state index contributed by atoms with van der Waals surface area (Å²) in [6.07, 6.45) is -0.306. The van der Waals surface area contributed by atoms with Crippen LogP contribution < -0.4 is 15.1 Å². The molecule has 2 aromatic rings. The number of para-hydroxylation sites is 1. The minimum absolute atomic E-state index is 0.0387. The molecule has 2 amide bonds. The Hall–Kier alpha value is -2.59. The van der Waals surface area contributed by atoms with E-state index in [2.05, 4.69) is 5.32 Å². The molecule has 3 heterocycles. The van der Waals surface area contributed by atoms with Gasteiger partial charge in [0.25, 0.3) is 5.91 Å². The van der Waals surface area contributed by atoms with Gasteiger partial charge in [-0.2, -0.15) is 0 Å². The van der Waals surface area contributed by atoms with Gasteiger partial charge in [0.15, 0.2) is 5.60 Å². The number of ether oxygens (including phenoxy) is 1. The number of nitrogens with zero attached hydrogens (tertiary/aromatic N) is 2. The molecular formula is C26H32FN3O4Si. The number of rotatable bonds is 5. The predicted molar refractivity (Wildman–Crippen MR) is 135 cm³/mol. The SMILES string of the molecule is C[C@H]1[C@H]([Si](C)(C)F)[C@@H](CCO)O[C@]12C(=O)N(c1ccccc1)c1ccc(N3CCNCC3=O)cc12. The van der Waals surface area contributed by atoms with Gasteiger partial charge in [0.05, 0.1) is 18.3 Å². The number of fused-ring (bicyclic) bond motifs is 2. The average molecular weight is 498 g/mol. The molecule has 2 aromatic carbocycles. The van der Waals surface area contributed by atoms with Crippen LogP contribution in [-0.2, 0) is 19.9 Å². The van der Waals surface area contributed by atoms with Crippen molar-refractivity contribution in [1.29, 1.82) is 0 Å². The van der Waals surface area contributed by atoms with E-state index < -0.39 is 31.6 Å². The molecule has 186 valence electrons. The van der Waals surface area contributed by atoms with Crippen molar-refractivity contribution >= 4 is 37.3 Å². The molecule has 2 N–H and O–H groups in total. The summed E-state index contributed by atoms with van der Waals surface area (Å²) in [7, 11) is -3.27.